The Balaban J connectivity index is 1.18. The lowest BCUT2D eigenvalue weighted by Crippen LogP contribution is -2.43. The van der Waals surface area contributed by atoms with Gasteiger partial charge in [-0.2, -0.15) is 0 Å². The van der Waals surface area contributed by atoms with Crippen LogP contribution >= 0.6 is 0 Å². The third kappa shape index (κ3) is 4.42. The molecule has 0 unspecified atom stereocenters. The quantitative estimate of drug-likeness (QED) is 0.177. The molecular formula is C47H35N3O. The van der Waals surface area contributed by atoms with Crippen molar-refractivity contribution in [3.05, 3.63) is 151 Å². The van der Waals surface area contributed by atoms with E-state index in [0.717, 1.165) is 38.6 Å². The second-order valence-electron chi connectivity index (χ2n) is 14.9. The number of fused-ring (bicyclic) bond motifs is 9. The van der Waals surface area contributed by atoms with Crippen molar-refractivity contribution in [1.29, 1.82) is 0 Å². The van der Waals surface area contributed by atoms with Gasteiger partial charge in [-0.3, -0.25) is 0 Å². The largest absolute Gasteiger partial charge is 0.456 e. The highest BCUT2D eigenvalue weighted by atomic mass is 16.3. The Hall–Kier alpha value is -6.13. The molecule has 0 amide bonds. The van der Waals surface area contributed by atoms with Gasteiger partial charge in [-0.15, -0.1) is 0 Å². The first-order valence-corrected chi connectivity index (χ1v) is 17.6. The maximum Gasteiger partial charge on any atom is 0.164 e. The number of nitrogens with zero attached hydrogens (tertiary/aromatic N) is 3. The Morgan fingerprint density at radius 3 is 1.78 bits per heavy atom. The van der Waals surface area contributed by atoms with Crippen LogP contribution in [0.25, 0.3) is 88.8 Å². The zero-order valence-electron chi connectivity index (χ0n) is 29.0. The molecule has 244 valence electrons. The average Bonchev–Trinajstić information content (AvgIpc) is 3.55. The molecule has 0 bridgehead atoms. The SMILES string of the molecule is CC1(C)c2ccc(-c3nc(-c4ccccc4)nc(-c4ccc5c(c4)oc4ccccc45)n3)cc2-c2cc3ccc4ccccc4c3cc2C1(C)C. The summed E-state index contributed by atoms with van der Waals surface area (Å²) in [4.78, 5) is 15.3. The first-order valence-electron chi connectivity index (χ1n) is 17.6. The summed E-state index contributed by atoms with van der Waals surface area (Å²) in [6, 6.07) is 49.4. The summed E-state index contributed by atoms with van der Waals surface area (Å²) in [5, 5.41) is 7.27. The number of hydrogen-bond donors (Lipinski definition) is 0. The van der Waals surface area contributed by atoms with Crippen molar-refractivity contribution in [2.24, 2.45) is 0 Å². The molecular weight excluding hydrogens is 623 g/mol. The number of para-hydroxylation sites is 1. The van der Waals surface area contributed by atoms with Gasteiger partial charge >= 0.3 is 0 Å². The van der Waals surface area contributed by atoms with E-state index in [2.05, 4.69) is 113 Å². The maximum absolute atomic E-state index is 6.26. The van der Waals surface area contributed by atoms with Gasteiger partial charge in [0.05, 0.1) is 0 Å². The number of hydrogen-bond acceptors (Lipinski definition) is 4. The van der Waals surface area contributed by atoms with E-state index in [9.17, 15) is 0 Å². The molecule has 0 fully saturated rings. The third-order valence-electron chi connectivity index (χ3n) is 11.7. The minimum atomic E-state index is -0.131. The van der Waals surface area contributed by atoms with Crippen molar-refractivity contribution < 1.29 is 4.42 Å². The summed E-state index contributed by atoms with van der Waals surface area (Å²) in [6.45, 7) is 9.54. The molecule has 0 N–H and O–H groups in total. The molecule has 9 aromatic rings. The zero-order chi connectivity index (χ0) is 34.5. The molecule has 7 aromatic carbocycles. The molecule has 4 heteroatoms. The minimum absolute atomic E-state index is 0.113. The van der Waals surface area contributed by atoms with Gasteiger partial charge in [-0.05, 0) is 91.0 Å². The molecule has 1 aliphatic carbocycles. The van der Waals surface area contributed by atoms with Crippen molar-refractivity contribution in [2.45, 2.75) is 38.5 Å². The molecule has 51 heavy (non-hydrogen) atoms. The first kappa shape index (κ1) is 29.8. The predicted octanol–water partition coefficient (Wildman–Crippen LogP) is 12.3. The van der Waals surface area contributed by atoms with Crippen LogP contribution in [0.1, 0.15) is 38.8 Å². The fourth-order valence-electron chi connectivity index (χ4n) is 8.13. The van der Waals surface area contributed by atoms with Crippen LogP contribution in [0.4, 0.5) is 0 Å². The summed E-state index contributed by atoms with van der Waals surface area (Å²) in [6.07, 6.45) is 0. The number of rotatable bonds is 3. The molecule has 10 rings (SSSR count). The highest BCUT2D eigenvalue weighted by Crippen LogP contribution is 2.55. The molecule has 0 atom stereocenters. The summed E-state index contributed by atoms with van der Waals surface area (Å²) >= 11 is 0. The second kappa shape index (κ2) is 10.7. The summed E-state index contributed by atoms with van der Waals surface area (Å²) in [5.41, 5.74) is 9.41. The van der Waals surface area contributed by atoms with Gasteiger partial charge in [-0.25, -0.2) is 15.0 Å². The molecule has 4 nitrogen and oxygen atoms in total. The van der Waals surface area contributed by atoms with E-state index in [1.807, 2.05) is 54.6 Å². The number of aromatic nitrogens is 3. The lowest BCUT2D eigenvalue weighted by molar-refractivity contribution is 0.299. The first-order chi connectivity index (χ1) is 24.8. The fraction of sp³-hybridized carbons (Fsp3) is 0.128. The van der Waals surface area contributed by atoms with Crippen LogP contribution in [-0.4, -0.2) is 15.0 Å². The molecule has 1 aliphatic rings. The average molecular weight is 658 g/mol. The summed E-state index contributed by atoms with van der Waals surface area (Å²) < 4.78 is 6.26. The Kier molecular flexibility index (Phi) is 6.23. The van der Waals surface area contributed by atoms with Gasteiger partial charge in [-0.1, -0.05) is 131 Å². The van der Waals surface area contributed by atoms with E-state index in [-0.39, 0.29) is 10.8 Å². The van der Waals surface area contributed by atoms with Crippen molar-refractivity contribution in [3.63, 3.8) is 0 Å². The second-order valence-corrected chi connectivity index (χ2v) is 14.9. The molecule has 0 saturated carbocycles. The molecule has 2 heterocycles. The van der Waals surface area contributed by atoms with E-state index < -0.39 is 0 Å². The number of furan rings is 1. The van der Waals surface area contributed by atoms with E-state index in [1.54, 1.807) is 0 Å². The van der Waals surface area contributed by atoms with Crippen LogP contribution in [0.15, 0.2) is 144 Å². The van der Waals surface area contributed by atoms with Crippen LogP contribution in [0.3, 0.4) is 0 Å². The van der Waals surface area contributed by atoms with Crippen LogP contribution < -0.4 is 0 Å². The molecule has 0 saturated heterocycles. The van der Waals surface area contributed by atoms with Crippen molar-refractivity contribution in [2.75, 3.05) is 0 Å². The highest BCUT2D eigenvalue weighted by molar-refractivity contribution is 6.09. The molecule has 0 radical (unpaired) electrons. The van der Waals surface area contributed by atoms with Gasteiger partial charge in [0, 0.05) is 27.5 Å². The lowest BCUT2D eigenvalue weighted by atomic mass is 9.55. The monoisotopic (exact) mass is 657 g/mol. The van der Waals surface area contributed by atoms with Crippen molar-refractivity contribution >= 4 is 43.5 Å². The fourth-order valence-corrected chi connectivity index (χ4v) is 8.13. The molecule has 2 aromatic heterocycles. The lowest BCUT2D eigenvalue weighted by Gasteiger charge is -2.48. The maximum atomic E-state index is 6.26. The van der Waals surface area contributed by atoms with Crippen LogP contribution in [0.5, 0.6) is 0 Å². The van der Waals surface area contributed by atoms with Crippen LogP contribution in [0, 0.1) is 0 Å². The molecule has 0 aliphatic heterocycles. The van der Waals surface area contributed by atoms with Gasteiger partial charge in [0.25, 0.3) is 0 Å². The zero-order valence-corrected chi connectivity index (χ0v) is 29.0. The normalized spacial score (nSPS) is 14.6. The summed E-state index contributed by atoms with van der Waals surface area (Å²) in [7, 11) is 0. The Labute approximate surface area is 296 Å². The van der Waals surface area contributed by atoms with Crippen molar-refractivity contribution in [1.82, 2.24) is 15.0 Å². The van der Waals surface area contributed by atoms with Crippen molar-refractivity contribution in [3.8, 4) is 45.3 Å². The van der Waals surface area contributed by atoms with E-state index >= 15 is 0 Å². The summed E-state index contributed by atoms with van der Waals surface area (Å²) in [5.74, 6) is 1.89. The predicted molar refractivity (Wildman–Crippen MR) is 210 cm³/mol. The van der Waals surface area contributed by atoms with Gasteiger partial charge in [0.15, 0.2) is 17.5 Å². The van der Waals surface area contributed by atoms with Gasteiger partial charge in [0.1, 0.15) is 11.2 Å². The topological polar surface area (TPSA) is 51.8 Å². The Morgan fingerprint density at radius 2 is 0.980 bits per heavy atom. The van der Waals surface area contributed by atoms with Crippen LogP contribution in [-0.2, 0) is 10.8 Å². The Bertz CT molecular complexity index is 2860. The third-order valence-corrected chi connectivity index (χ3v) is 11.7. The van der Waals surface area contributed by atoms with Gasteiger partial charge < -0.3 is 4.42 Å². The van der Waals surface area contributed by atoms with E-state index in [4.69, 9.17) is 19.4 Å². The Morgan fingerprint density at radius 1 is 0.392 bits per heavy atom. The smallest absolute Gasteiger partial charge is 0.164 e. The highest BCUT2D eigenvalue weighted by Gasteiger charge is 2.46. The number of benzene rings is 7. The standard InChI is InChI=1S/C47H35N3O/c1-46(2)39-23-21-31(25-37(39)38-24-30-19-18-28-12-8-9-15-33(28)36(30)27-40(38)47(46,3)4)44-48-43(29-13-6-5-7-14-29)49-45(50-44)32-20-22-35-34-16-10-11-17-41(34)51-42(35)26-32/h5-27H,1-4H3. The van der Waals surface area contributed by atoms with Gasteiger partial charge in [0.2, 0.25) is 0 Å². The molecule has 0 spiro atoms. The van der Waals surface area contributed by atoms with E-state index in [1.165, 1.54) is 43.8 Å². The minimum Gasteiger partial charge on any atom is -0.456 e. The van der Waals surface area contributed by atoms with E-state index in [0.29, 0.717) is 17.5 Å². The van der Waals surface area contributed by atoms with Crippen LogP contribution in [0.2, 0.25) is 0 Å².